The van der Waals surface area contributed by atoms with Crippen LogP contribution in [0.5, 0.6) is 11.5 Å². The number of benzene rings is 2. The van der Waals surface area contributed by atoms with Gasteiger partial charge in [-0.2, -0.15) is 0 Å². The fraction of sp³-hybridized carbons (Fsp3) is 0.286. The lowest BCUT2D eigenvalue weighted by Gasteiger charge is -2.12. The van der Waals surface area contributed by atoms with Crippen molar-refractivity contribution in [3.8, 4) is 11.5 Å². The largest absolute Gasteiger partial charge is 0.497 e. The van der Waals surface area contributed by atoms with Crippen LogP contribution in [0.4, 0.5) is 0 Å². The number of ether oxygens (including phenoxy) is 2. The monoisotopic (exact) mass is 367 g/mol. The van der Waals surface area contributed by atoms with Crippen LogP contribution in [-0.2, 0) is 13.1 Å². The summed E-state index contributed by atoms with van der Waals surface area (Å²) in [5.74, 6) is 3.10. The Bertz CT molecular complexity index is 885. The second-order valence-electron chi connectivity index (χ2n) is 5.98. The first-order valence-corrected chi connectivity index (χ1v) is 8.94. The Balaban J connectivity index is 1.69. The number of hydrogen-bond donors (Lipinski definition) is 2. The Hall–Kier alpha value is -3.15. The van der Waals surface area contributed by atoms with Gasteiger partial charge in [-0.15, -0.1) is 0 Å². The first-order chi connectivity index (χ1) is 13.2. The second-order valence-corrected chi connectivity index (χ2v) is 5.98. The summed E-state index contributed by atoms with van der Waals surface area (Å²) in [5.41, 5.74) is 1.87. The van der Waals surface area contributed by atoms with E-state index in [9.17, 15) is 0 Å². The molecule has 0 amide bonds. The van der Waals surface area contributed by atoms with Crippen LogP contribution in [-0.4, -0.2) is 26.7 Å². The zero-order valence-electron chi connectivity index (χ0n) is 15.9. The van der Waals surface area contributed by atoms with Crippen LogP contribution < -0.4 is 20.1 Å². The Morgan fingerprint density at radius 2 is 1.89 bits per heavy atom. The van der Waals surface area contributed by atoms with Gasteiger partial charge in [0.15, 0.2) is 5.96 Å². The zero-order valence-corrected chi connectivity index (χ0v) is 15.9. The summed E-state index contributed by atoms with van der Waals surface area (Å²) < 4.78 is 16.5. The van der Waals surface area contributed by atoms with E-state index in [1.807, 2.05) is 55.5 Å². The number of fused-ring (bicyclic) bond motifs is 1. The Kier molecular flexibility index (Phi) is 6.20. The molecule has 6 heteroatoms. The van der Waals surface area contributed by atoms with Crippen molar-refractivity contribution >= 4 is 16.9 Å². The molecule has 3 rings (SSSR count). The van der Waals surface area contributed by atoms with Crippen molar-refractivity contribution in [2.75, 3.05) is 20.8 Å². The summed E-state index contributed by atoms with van der Waals surface area (Å²) in [6.45, 7) is 3.85. The number of nitrogens with one attached hydrogen (secondary N) is 2. The molecule has 0 atom stereocenters. The van der Waals surface area contributed by atoms with Gasteiger partial charge >= 0.3 is 0 Å². The molecule has 0 aliphatic rings. The minimum atomic E-state index is 0.489. The van der Waals surface area contributed by atoms with Crippen molar-refractivity contribution in [1.29, 1.82) is 0 Å². The van der Waals surface area contributed by atoms with Crippen LogP contribution >= 0.6 is 0 Å². The van der Waals surface area contributed by atoms with Gasteiger partial charge in [0.25, 0.3) is 0 Å². The summed E-state index contributed by atoms with van der Waals surface area (Å²) >= 11 is 0. The first-order valence-electron chi connectivity index (χ1n) is 8.94. The number of nitrogens with zero attached hydrogens (tertiary/aromatic N) is 1. The van der Waals surface area contributed by atoms with Crippen molar-refractivity contribution in [2.24, 2.45) is 4.99 Å². The van der Waals surface area contributed by atoms with Gasteiger partial charge in [0, 0.05) is 23.6 Å². The van der Waals surface area contributed by atoms with Crippen LogP contribution in [0.3, 0.4) is 0 Å². The van der Waals surface area contributed by atoms with Gasteiger partial charge in [-0.1, -0.05) is 18.2 Å². The highest BCUT2D eigenvalue weighted by Crippen LogP contribution is 2.25. The van der Waals surface area contributed by atoms with E-state index in [4.69, 9.17) is 13.9 Å². The first kappa shape index (κ1) is 18.6. The molecule has 0 saturated heterocycles. The zero-order chi connectivity index (χ0) is 19.1. The molecule has 27 heavy (non-hydrogen) atoms. The van der Waals surface area contributed by atoms with Crippen LogP contribution in [0, 0.1) is 0 Å². The summed E-state index contributed by atoms with van der Waals surface area (Å²) in [6, 6.07) is 15.7. The molecule has 0 radical (unpaired) electrons. The molecule has 2 aromatic carbocycles. The predicted octanol–water partition coefficient (Wildman–Crippen LogP) is 3.71. The number of para-hydroxylation sites is 1. The molecular weight excluding hydrogens is 342 g/mol. The number of hydrogen-bond acceptors (Lipinski definition) is 4. The third kappa shape index (κ3) is 4.73. The topological polar surface area (TPSA) is 68.0 Å². The average Bonchev–Trinajstić information content (AvgIpc) is 3.13. The highest BCUT2D eigenvalue weighted by atomic mass is 16.5. The Morgan fingerprint density at radius 1 is 1.04 bits per heavy atom. The molecule has 6 nitrogen and oxygen atoms in total. The lowest BCUT2D eigenvalue weighted by atomic mass is 10.2. The van der Waals surface area contributed by atoms with Crippen molar-refractivity contribution in [2.45, 2.75) is 20.0 Å². The predicted molar refractivity (Wildman–Crippen MR) is 107 cm³/mol. The smallest absolute Gasteiger partial charge is 0.191 e. The average molecular weight is 367 g/mol. The van der Waals surface area contributed by atoms with Crippen molar-refractivity contribution in [1.82, 2.24) is 10.6 Å². The van der Waals surface area contributed by atoms with Gasteiger partial charge in [-0.05, 0) is 31.2 Å². The van der Waals surface area contributed by atoms with E-state index in [1.165, 1.54) is 0 Å². The number of methoxy groups -OCH3 is 2. The maximum absolute atomic E-state index is 5.84. The highest BCUT2D eigenvalue weighted by Gasteiger charge is 2.07. The number of furan rings is 1. The minimum absolute atomic E-state index is 0.489. The van der Waals surface area contributed by atoms with Crippen molar-refractivity contribution < 1.29 is 13.9 Å². The Morgan fingerprint density at radius 3 is 2.63 bits per heavy atom. The molecule has 1 aromatic heterocycles. The van der Waals surface area contributed by atoms with Gasteiger partial charge in [-0.3, -0.25) is 0 Å². The third-order valence-electron chi connectivity index (χ3n) is 4.15. The van der Waals surface area contributed by atoms with E-state index < -0.39 is 0 Å². The molecule has 0 aliphatic carbocycles. The van der Waals surface area contributed by atoms with Gasteiger partial charge in [0.05, 0.1) is 27.3 Å². The fourth-order valence-electron chi connectivity index (χ4n) is 2.78. The molecule has 0 spiro atoms. The van der Waals surface area contributed by atoms with Gasteiger partial charge < -0.3 is 24.5 Å². The molecule has 3 aromatic rings. The van der Waals surface area contributed by atoms with Crippen LogP contribution in [0.2, 0.25) is 0 Å². The summed E-state index contributed by atoms with van der Waals surface area (Å²) in [7, 11) is 3.28. The van der Waals surface area contributed by atoms with E-state index in [0.29, 0.717) is 13.1 Å². The second kappa shape index (κ2) is 8.98. The molecule has 2 N–H and O–H groups in total. The minimum Gasteiger partial charge on any atom is -0.497 e. The Labute approximate surface area is 159 Å². The van der Waals surface area contributed by atoms with Crippen molar-refractivity contribution in [3.05, 3.63) is 59.9 Å². The van der Waals surface area contributed by atoms with Crippen molar-refractivity contribution in [3.63, 3.8) is 0 Å². The van der Waals surface area contributed by atoms with E-state index >= 15 is 0 Å². The molecule has 0 unspecified atom stereocenters. The molecule has 0 bridgehead atoms. The summed E-state index contributed by atoms with van der Waals surface area (Å²) in [6.07, 6.45) is 0. The summed E-state index contributed by atoms with van der Waals surface area (Å²) in [5, 5.41) is 7.65. The SMILES string of the molecule is CCNC(=NCc1ccc(OC)cc1OC)NCc1cc2ccccc2o1. The maximum atomic E-state index is 5.84. The van der Waals surface area contributed by atoms with Crippen LogP contribution in [0.1, 0.15) is 18.2 Å². The molecule has 0 aliphatic heterocycles. The number of aliphatic imine (C=N–C) groups is 1. The standard InChI is InChI=1S/C21H25N3O3/c1-4-22-21(23-13-16-9-10-17(25-2)12-20(16)26-3)24-14-18-11-15-7-5-6-8-19(15)27-18/h5-12H,4,13-14H2,1-3H3,(H2,22,23,24). The van der Waals surface area contributed by atoms with E-state index in [1.54, 1.807) is 14.2 Å². The fourth-order valence-corrected chi connectivity index (χ4v) is 2.78. The maximum Gasteiger partial charge on any atom is 0.191 e. The highest BCUT2D eigenvalue weighted by molar-refractivity contribution is 5.80. The van der Waals surface area contributed by atoms with Gasteiger partial charge in [0.2, 0.25) is 0 Å². The lowest BCUT2D eigenvalue weighted by molar-refractivity contribution is 0.391. The van der Waals surface area contributed by atoms with Gasteiger partial charge in [0.1, 0.15) is 22.8 Å². The van der Waals surface area contributed by atoms with Crippen LogP contribution in [0.25, 0.3) is 11.0 Å². The van der Waals surface area contributed by atoms with Crippen LogP contribution in [0.15, 0.2) is 57.9 Å². The lowest BCUT2D eigenvalue weighted by Crippen LogP contribution is -2.36. The summed E-state index contributed by atoms with van der Waals surface area (Å²) in [4.78, 5) is 4.65. The van der Waals surface area contributed by atoms with E-state index in [2.05, 4.69) is 15.6 Å². The quantitative estimate of drug-likeness (QED) is 0.492. The number of guanidine groups is 1. The normalized spacial score (nSPS) is 11.4. The molecule has 0 saturated carbocycles. The van der Waals surface area contributed by atoms with Gasteiger partial charge in [-0.25, -0.2) is 4.99 Å². The number of rotatable bonds is 7. The molecule has 142 valence electrons. The third-order valence-corrected chi connectivity index (χ3v) is 4.15. The molecular formula is C21H25N3O3. The van der Waals surface area contributed by atoms with E-state index in [0.717, 1.165) is 46.3 Å². The molecule has 0 fully saturated rings. The van der Waals surface area contributed by atoms with E-state index in [-0.39, 0.29) is 0 Å². The molecule has 1 heterocycles.